The molecule has 21 heavy (non-hydrogen) atoms. The SMILES string of the molecule is CNS(=O)(=O)c1ccc(SC)cc1Nc1cc(Cl)ncn1. The third-order valence-corrected chi connectivity index (χ3v) is 5.05. The molecule has 0 saturated heterocycles. The first-order valence-electron chi connectivity index (χ1n) is 5.82. The molecule has 9 heteroatoms. The van der Waals surface area contributed by atoms with Crippen LogP contribution in [0.25, 0.3) is 0 Å². The van der Waals surface area contributed by atoms with Gasteiger partial charge in [0.1, 0.15) is 22.2 Å². The minimum atomic E-state index is -3.58. The maximum absolute atomic E-state index is 12.1. The fourth-order valence-electron chi connectivity index (χ4n) is 1.62. The van der Waals surface area contributed by atoms with Gasteiger partial charge in [0, 0.05) is 11.0 Å². The summed E-state index contributed by atoms with van der Waals surface area (Å²) in [5.41, 5.74) is 0.422. The Bertz CT molecular complexity index is 753. The molecule has 0 spiro atoms. The normalized spacial score (nSPS) is 11.4. The van der Waals surface area contributed by atoms with E-state index in [1.165, 1.54) is 31.2 Å². The van der Waals surface area contributed by atoms with Crippen LogP contribution in [0, 0.1) is 0 Å². The Hall–Kier alpha value is -1.35. The van der Waals surface area contributed by atoms with Crippen LogP contribution >= 0.6 is 23.4 Å². The quantitative estimate of drug-likeness (QED) is 0.640. The highest BCUT2D eigenvalue weighted by Crippen LogP contribution is 2.29. The molecule has 0 aliphatic rings. The van der Waals surface area contributed by atoms with Gasteiger partial charge in [0.15, 0.2) is 0 Å². The van der Waals surface area contributed by atoms with Crippen molar-refractivity contribution in [3.63, 3.8) is 0 Å². The summed E-state index contributed by atoms with van der Waals surface area (Å²) >= 11 is 7.31. The molecule has 0 radical (unpaired) electrons. The van der Waals surface area contributed by atoms with Crippen molar-refractivity contribution in [2.45, 2.75) is 9.79 Å². The van der Waals surface area contributed by atoms with Crippen molar-refractivity contribution >= 4 is 44.9 Å². The standard InChI is InChI=1S/C12H13ClN4O2S2/c1-14-21(18,19)10-4-3-8(20-2)5-9(10)17-12-6-11(13)15-7-16-12/h3-7,14H,1-2H3,(H,15,16,17). The van der Waals surface area contributed by atoms with E-state index in [1.54, 1.807) is 18.2 Å². The van der Waals surface area contributed by atoms with Gasteiger partial charge in [-0.05, 0) is 31.5 Å². The van der Waals surface area contributed by atoms with E-state index < -0.39 is 10.0 Å². The molecule has 2 rings (SSSR count). The fourth-order valence-corrected chi connectivity index (χ4v) is 3.07. The Balaban J connectivity index is 2.49. The van der Waals surface area contributed by atoms with Crippen molar-refractivity contribution in [1.29, 1.82) is 0 Å². The molecule has 2 N–H and O–H groups in total. The maximum atomic E-state index is 12.1. The van der Waals surface area contributed by atoms with E-state index >= 15 is 0 Å². The molecule has 1 heterocycles. The summed E-state index contributed by atoms with van der Waals surface area (Å²) in [6.45, 7) is 0. The molecule has 2 aromatic rings. The first kappa shape index (κ1) is 16.0. The average Bonchev–Trinajstić information content (AvgIpc) is 2.47. The van der Waals surface area contributed by atoms with E-state index in [-0.39, 0.29) is 10.0 Å². The van der Waals surface area contributed by atoms with Crippen molar-refractivity contribution in [2.75, 3.05) is 18.6 Å². The molecule has 0 aliphatic carbocycles. The van der Waals surface area contributed by atoms with E-state index in [2.05, 4.69) is 20.0 Å². The molecule has 0 aliphatic heterocycles. The van der Waals surface area contributed by atoms with Crippen LogP contribution in [0.1, 0.15) is 0 Å². The molecule has 112 valence electrons. The summed E-state index contributed by atoms with van der Waals surface area (Å²) in [7, 11) is -2.22. The molecule has 1 aromatic carbocycles. The molecule has 0 bridgehead atoms. The molecule has 1 aromatic heterocycles. The summed E-state index contributed by atoms with van der Waals surface area (Å²) in [6.07, 6.45) is 3.21. The summed E-state index contributed by atoms with van der Waals surface area (Å²) in [6, 6.07) is 6.55. The number of nitrogens with one attached hydrogen (secondary N) is 2. The van der Waals surface area contributed by atoms with Gasteiger partial charge in [0.2, 0.25) is 10.0 Å². The highest BCUT2D eigenvalue weighted by atomic mass is 35.5. The molecule has 0 atom stereocenters. The third-order valence-electron chi connectivity index (χ3n) is 2.64. The van der Waals surface area contributed by atoms with Crippen LogP contribution in [0.5, 0.6) is 0 Å². The number of rotatable bonds is 5. The lowest BCUT2D eigenvalue weighted by Gasteiger charge is -2.13. The van der Waals surface area contributed by atoms with Gasteiger partial charge in [0.05, 0.1) is 5.69 Å². The van der Waals surface area contributed by atoms with Crippen molar-refractivity contribution in [2.24, 2.45) is 0 Å². The Morgan fingerprint density at radius 3 is 2.62 bits per heavy atom. The smallest absolute Gasteiger partial charge is 0.242 e. The van der Waals surface area contributed by atoms with Gasteiger partial charge in [-0.1, -0.05) is 11.6 Å². The summed E-state index contributed by atoms with van der Waals surface area (Å²) in [4.78, 5) is 8.85. The molecular formula is C12H13ClN4O2S2. The predicted molar refractivity (Wildman–Crippen MR) is 84.8 cm³/mol. The Kier molecular flexibility index (Phi) is 5.04. The van der Waals surface area contributed by atoms with Gasteiger partial charge in [-0.25, -0.2) is 23.1 Å². The van der Waals surface area contributed by atoms with E-state index in [0.717, 1.165) is 4.90 Å². The Morgan fingerprint density at radius 1 is 1.24 bits per heavy atom. The van der Waals surface area contributed by atoms with Crippen LogP contribution in [-0.4, -0.2) is 31.7 Å². The van der Waals surface area contributed by atoms with Crippen LogP contribution in [0.4, 0.5) is 11.5 Å². The Morgan fingerprint density at radius 2 is 2.00 bits per heavy atom. The summed E-state index contributed by atoms with van der Waals surface area (Å²) in [5.74, 6) is 0.417. The number of halogens is 1. The Labute approximate surface area is 132 Å². The second-order valence-electron chi connectivity index (χ2n) is 3.92. The number of thioether (sulfide) groups is 1. The van der Waals surface area contributed by atoms with Crippen LogP contribution in [0.2, 0.25) is 5.15 Å². The minimum Gasteiger partial charge on any atom is -0.339 e. The third kappa shape index (κ3) is 3.85. The van der Waals surface area contributed by atoms with E-state index in [1.807, 2.05) is 6.26 Å². The van der Waals surface area contributed by atoms with Crippen LogP contribution in [-0.2, 0) is 10.0 Å². The van der Waals surface area contributed by atoms with Gasteiger partial charge in [-0.3, -0.25) is 0 Å². The number of hydrogen-bond acceptors (Lipinski definition) is 6. The molecule has 0 saturated carbocycles. The lowest BCUT2D eigenvalue weighted by molar-refractivity contribution is 0.588. The van der Waals surface area contributed by atoms with Crippen LogP contribution in [0.3, 0.4) is 0 Å². The van der Waals surface area contributed by atoms with Gasteiger partial charge < -0.3 is 5.32 Å². The van der Waals surface area contributed by atoms with Crippen molar-refractivity contribution in [3.05, 3.63) is 35.7 Å². The highest BCUT2D eigenvalue weighted by Gasteiger charge is 2.17. The second-order valence-corrected chi connectivity index (χ2v) is 7.04. The van der Waals surface area contributed by atoms with E-state index in [0.29, 0.717) is 11.5 Å². The summed E-state index contributed by atoms with van der Waals surface area (Å²) < 4.78 is 26.4. The topological polar surface area (TPSA) is 84.0 Å². The maximum Gasteiger partial charge on any atom is 0.242 e. The number of anilines is 2. The van der Waals surface area contributed by atoms with Gasteiger partial charge in [-0.2, -0.15) is 0 Å². The number of benzene rings is 1. The van der Waals surface area contributed by atoms with Crippen LogP contribution < -0.4 is 10.0 Å². The monoisotopic (exact) mass is 344 g/mol. The first-order valence-corrected chi connectivity index (χ1v) is 8.91. The largest absolute Gasteiger partial charge is 0.339 e. The molecule has 6 nitrogen and oxygen atoms in total. The van der Waals surface area contributed by atoms with Gasteiger partial charge >= 0.3 is 0 Å². The zero-order chi connectivity index (χ0) is 15.5. The van der Waals surface area contributed by atoms with Crippen molar-refractivity contribution in [1.82, 2.24) is 14.7 Å². The van der Waals surface area contributed by atoms with Gasteiger partial charge in [-0.15, -0.1) is 11.8 Å². The molecule has 0 unspecified atom stereocenters. The number of hydrogen-bond donors (Lipinski definition) is 2. The van der Waals surface area contributed by atoms with Crippen molar-refractivity contribution < 1.29 is 8.42 Å². The van der Waals surface area contributed by atoms with E-state index in [4.69, 9.17) is 11.6 Å². The minimum absolute atomic E-state index is 0.137. The first-order chi connectivity index (χ1) is 9.96. The molecule has 0 amide bonds. The van der Waals surface area contributed by atoms with Crippen molar-refractivity contribution in [3.8, 4) is 0 Å². The number of sulfonamides is 1. The molecular weight excluding hydrogens is 332 g/mol. The zero-order valence-electron chi connectivity index (χ0n) is 11.3. The lowest BCUT2D eigenvalue weighted by atomic mass is 10.3. The predicted octanol–water partition coefficient (Wildman–Crippen LogP) is 2.50. The number of aromatic nitrogens is 2. The van der Waals surface area contributed by atoms with Gasteiger partial charge in [0.25, 0.3) is 0 Å². The molecule has 0 fully saturated rings. The number of nitrogens with zero attached hydrogens (tertiary/aromatic N) is 2. The lowest BCUT2D eigenvalue weighted by Crippen LogP contribution is -2.19. The van der Waals surface area contributed by atoms with Crippen LogP contribution in [0.15, 0.2) is 40.4 Å². The van der Waals surface area contributed by atoms with E-state index in [9.17, 15) is 8.42 Å². The second kappa shape index (κ2) is 6.61. The fraction of sp³-hybridized carbons (Fsp3) is 0.167. The summed E-state index contributed by atoms with van der Waals surface area (Å²) in [5, 5.41) is 3.23. The average molecular weight is 345 g/mol. The zero-order valence-corrected chi connectivity index (χ0v) is 13.7. The highest BCUT2D eigenvalue weighted by molar-refractivity contribution is 7.98.